The Hall–Kier alpha value is -2.83. The van der Waals surface area contributed by atoms with E-state index in [9.17, 15) is 14.4 Å². The van der Waals surface area contributed by atoms with Crippen LogP contribution in [0.4, 0.5) is 5.69 Å². The molecule has 1 N–H and O–H groups in total. The summed E-state index contributed by atoms with van der Waals surface area (Å²) in [4.78, 5) is 35.2. The molecule has 0 fully saturated rings. The van der Waals surface area contributed by atoms with Gasteiger partial charge in [-0.05, 0) is 50.6 Å². The van der Waals surface area contributed by atoms with Crippen LogP contribution in [0.25, 0.3) is 0 Å². The van der Waals surface area contributed by atoms with Crippen LogP contribution in [0.5, 0.6) is 5.75 Å². The number of methoxy groups -OCH3 is 1. The maximum atomic E-state index is 12.3. The molecule has 7 heteroatoms. The molecule has 2 rings (SSSR count). The van der Waals surface area contributed by atoms with E-state index in [0.29, 0.717) is 17.0 Å². The van der Waals surface area contributed by atoms with Gasteiger partial charge in [-0.2, -0.15) is 0 Å². The van der Waals surface area contributed by atoms with Crippen molar-refractivity contribution in [2.45, 2.75) is 26.4 Å². The Morgan fingerprint density at radius 1 is 1.21 bits per heavy atom. The molecule has 1 aromatic rings. The third kappa shape index (κ3) is 3.73. The van der Waals surface area contributed by atoms with Gasteiger partial charge in [0.25, 0.3) is 5.91 Å². The van der Waals surface area contributed by atoms with Gasteiger partial charge in [0.15, 0.2) is 6.61 Å². The third-order valence-electron chi connectivity index (χ3n) is 3.75. The van der Waals surface area contributed by atoms with Crippen LogP contribution in [0.15, 0.2) is 35.4 Å². The summed E-state index contributed by atoms with van der Waals surface area (Å²) in [7, 11) is 1.27. The summed E-state index contributed by atoms with van der Waals surface area (Å²) in [5, 5.41) is 2.64. The molecule has 0 atom stereocenters. The predicted octanol–water partition coefficient (Wildman–Crippen LogP) is 1.83. The molecule has 0 aromatic heterocycles. The normalized spacial score (nSPS) is 15.8. The predicted molar refractivity (Wildman–Crippen MR) is 85.5 cm³/mol. The quantitative estimate of drug-likeness (QED) is 0.653. The molecular weight excluding hydrogens is 314 g/mol. The fraction of sp³-hybridized carbons (Fsp3) is 0.353. The molecule has 0 aliphatic carbocycles. The summed E-state index contributed by atoms with van der Waals surface area (Å²) < 4.78 is 14.9. The molecule has 24 heavy (non-hydrogen) atoms. The first-order chi connectivity index (χ1) is 11.2. The highest BCUT2D eigenvalue weighted by Gasteiger charge is 2.40. The van der Waals surface area contributed by atoms with E-state index >= 15 is 0 Å². The van der Waals surface area contributed by atoms with E-state index in [-0.39, 0.29) is 12.2 Å². The van der Waals surface area contributed by atoms with Crippen LogP contribution in [0.3, 0.4) is 0 Å². The number of anilines is 1. The third-order valence-corrected chi connectivity index (χ3v) is 3.75. The average molecular weight is 333 g/mol. The lowest BCUT2D eigenvalue weighted by Gasteiger charge is -2.17. The highest BCUT2D eigenvalue weighted by atomic mass is 16.6. The van der Waals surface area contributed by atoms with Crippen LogP contribution >= 0.6 is 0 Å². The Bertz CT molecular complexity index is 702. The van der Waals surface area contributed by atoms with Gasteiger partial charge < -0.3 is 19.5 Å². The maximum absolute atomic E-state index is 12.3. The van der Waals surface area contributed by atoms with E-state index < -0.39 is 23.4 Å². The van der Waals surface area contributed by atoms with Gasteiger partial charge in [0.1, 0.15) is 16.9 Å². The Morgan fingerprint density at radius 2 is 1.83 bits per heavy atom. The molecule has 0 spiro atoms. The first-order valence-corrected chi connectivity index (χ1v) is 7.30. The summed E-state index contributed by atoms with van der Waals surface area (Å²) in [6.45, 7) is 4.96. The summed E-state index contributed by atoms with van der Waals surface area (Å²) in [6, 6.07) is 6.39. The molecule has 0 saturated carbocycles. The summed E-state index contributed by atoms with van der Waals surface area (Å²) in [6.07, 6.45) is 0. The van der Waals surface area contributed by atoms with Crippen molar-refractivity contribution in [3.8, 4) is 5.75 Å². The molecule has 0 bridgehead atoms. The minimum Gasteiger partial charge on any atom is -0.482 e. The van der Waals surface area contributed by atoms with Crippen molar-refractivity contribution in [1.82, 2.24) is 0 Å². The van der Waals surface area contributed by atoms with Crippen LogP contribution < -0.4 is 10.1 Å². The Morgan fingerprint density at radius 3 is 2.33 bits per heavy atom. The lowest BCUT2D eigenvalue weighted by atomic mass is 9.97. The van der Waals surface area contributed by atoms with Crippen LogP contribution in [-0.2, 0) is 23.9 Å². The second-order valence-electron chi connectivity index (χ2n) is 5.74. The Labute approximate surface area is 139 Å². The highest BCUT2D eigenvalue weighted by Crippen LogP contribution is 2.32. The number of cyclic esters (lactones) is 1. The summed E-state index contributed by atoms with van der Waals surface area (Å²) in [5.41, 5.74) is 0.312. The van der Waals surface area contributed by atoms with Crippen molar-refractivity contribution in [3.63, 3.8) is 0 Å². The van der Waals surface area contributed by atoms with Crippen molar-refractivity contribution in [1.29, 1.82) is 0 Å². The number of amides is 1. The van der Waals surface area contributed by atoms with E-state index in [1.165, 1.54) is 7.11 Å². The van der Waals surface area contributed by atoms with E-state index in [1.54, 1.807) is 45.0 Å². The van der Waals surface area contributed by atoms with Gasteiger partial charge in [-0.1, -0.05) is 0 Å². The SMILES string of the molecule is COC(=O)COc1ccc(NC(=O)C2=C(C)C(C)(C)OC2=O)cc1. The van der Waals surface area contributed by atoms with Crippen LogP contribution in [0.2, 0.25) is 0 Å². The molecule has 1 aliphatic heterocycles. The zero-order valence-electron chi connectivity index (χ0n) is 14.0. The Kier molecular flexibility index (Phi) is 4.92. The standard InChI is InChI=1S/C17H19NO6/c1-10-14(16(21)24-17(10,2)3)15(20)18-11-5-7-12(8-6-11)23-9-13(19)22-4/h5-8H,9H2,1-4H3,(H,18,20). The smallest absolute Gasteiger partial charge is 0.344 e. The van der Waals surface area contributed by atoms with Gasteiger partial charge in [-0.3, -0.25) is 4.79 Å². The van der Waals surface area contributed by atoms with Crippen LogP contribution in [0, 0.1) is 0 Å². The van der Waals surface area contributed by atoms with E-state index in [2.05, 4.69) is 10.1 Å². The van der Waals surface area contributed by atoms with Crippen LogP contribution in [0.1, 0.15) is 20.8 Å². The lowest BCUT2D eigenvalue weighted by Crippen LogP contribution is -2.21. The number of carbonyl (C=O) groups excluding carboxylic acids is 3. The number of rotatable bonds is 5. The number of benzene rings is 1. The molecule has 0 radical (unpaired) electrons. The fourth-order valence-electron chi connectivity index (χ4n) is 2.11. The second-order valence-corrected chi connectivity index (χ2v) is 5.74. The van der Waals surface area contributed by atoms with Crippen molar-refractivity contribution >= 4 is 23.5 Å². The van der Waals surface area contributed by atoms with Gasteiger partial charge in [0.2, 0.25) is 0 Å². The molecule has 0 unspecified atom stereocenters. The average Bonchev–Trinajstić information content (AvgIpc) is 2.74. The highest BCUT2D eigenvalue weighted by molar-refractivity contribution is 6.23. The van der Waals surface area contributed by atoms with Crippen molar-refractivity contribution < 1.29 is 28.6 Å². The van der Waals surface area contributed by atoms with Crippen molar-refractivity contribution in [3.05, 3.63) is 35.4 Å². The molecule has 1 aliphatic rings. The molecule has 1 amide bonds. The molecule has 1 heterocycles. The van der Waals surface area contributed by atoms with Crippen molar-refractivity contribution in [2.75, 3.05) is 19.0 Å². The van der Waals surface area contributed by atoms with Gasteiger partial charge in [-0.15, -0.1) is 0 Å². The lowest BCUT2D eigenvalue weighted by molar-refractivity contribution is -0.145. The molecule has 7 nitrogen and oxygen atoms in total. The monoisotopic (exact) mass is 333 g/mol. The van der Waals surface area contributed by atoms with Gasteiger partial charge in [0.05, 0.1) is 7.11 Å². The molecule has 1 aromatic carbocycles. The minimum absolute atomic E-state index is 0.0195. The number of ether oxygens (including phenoxy) is 3. The number of esters is 2. The number of hydrogen-bond acceptors (Lipinski definition) is 6. The largest absolute Gasteiger partial charge is 0.482 e. The number of carbonyl (C=O) groups is 3. The number of nitrogens with one attached hydrogen (secondary N) is 1. The zero-order chi connectivity index (χ0) is 17.9. The van der Waals surface area contributed by atoms with Gasteiger partial charge >= 0.3 is 11.9 Å². The zero-order valence-corrected chi connectivity index (χ0v) is 14.0. The first kappa shape index (κ1) is 17.5. The Balaban J connectivity index is 2.04. The number of hydrogen-bond donors (Lipinski definition) is 1. The maximum Gasteiger partial charge on any atom is 0.344 e. The molecular formula is C17H19NO6. The van der Waals surface area contributed by atoms with Crippen LogP contribution in [-0.4, -0.2) is 37.2 Å². The molecule has 128 valence electrons. The first-order valence-electron chi connectivity index (χ1n) is 7.30. The topological polar surface area (TPSA) is 90.9 Å². The fourth-order valence-corrected chi connectivity index (χ4v) is 2.11. The van der Waals surface area contributed by atoms with Gasteiger partial charge in [-0.25, -0.2) is 9.59 Å². The van der Waals surface area contributed by atoms with Gasteiger partial charge in [0, 0.05) is 5.69 Å². The second kappa shape index (κ2) is 6.74. The van der Waals surface area contributed by atoms with E-state index in [0.717, 1.165) is 0 Å². The summed E-state index contributed by atoms with van der Waals surface area (Å²) in [5.74, 6) is -1.19. The minimum atomic E-state index is -0.782. The van der Waals surface area contributed by atoms with E-state index in [4.69, 9.17) is 9.47 Å². The molecule has 0 saturated heterocycles. The van der Waals surface area contributed by atoms with E-state index in [1.807, 2.05) is 0 Å². The van der Waals surface area contributed by atoms with Crippen molar-refractivity contribution in [2.24, 2.45) is 0 Å². The summed E-state index contributed by atoms with van der Waals surface area (Å²) >= 11 is 0.